The number of carbonyl (C=O) groups is 2. The molecular formula is C23H23F4N3O2S. The lowest BCUT2D eigenvalue weighted by Crippen LogP contribution is -2.50. The molecule has 2 aliphatic heterocycles. The van der Waals surface area contributed by atoms with Gasteiger partial charge < -0.3 is 9.80 Å². The van der Waals surface area contributed by atoms with Gasteiger partial charge in [0.05, 0.1) is 11.3 Å². The Balaban J connectivity index is 1.30. The highest BCUT2D eigenvalue weighted by molar-refractivity contribution is 8.00. The van der Waals surface area contributed by atoms with Crippen molar-refractivity contribution in [3.05, 3.63) is 71.0 Å². The SMILES string of the molecule is O=C(c1ccc(F)cc1)N1CCN(CCN2C(=O)CSC2c2ccc(C(F)(F)F)cc2)CC1. The summed E-state index contributed by atoms with van der Waals surface area (Å²) in [7, 11) is 0. The summed E-state index contributed by atoms with van der Waals surface area (Å²) in [5.41, 5.74) is 0.415. The molecule has 0 spiro atoms. The Morgan fingerprint density at radius 1 is 0.939 bits per heavy atom. The number of hydrogen-bond donors (Lipinski definition) is 0. The van der Waals surface area contributed by atoms with Crippen LogP contribution >= 0.6 is 11.8 Å². The maximum atomic E-state index is 13.1. The molecule has 2 heterocycles. The van der Waals surface area contributed by atoms with Gasteiger partial charge in [-0.15, -0.1) is 11.8 Å². The monoisotopic (exact) mass is 481 g/mol. The lowest BCUT2D eigenvalue weighted by molar-refractivity contribution is -0.137. The molecule has 5 nitrogen and oxygen atoms in total. The van der Waals surface area contributed by atoms with Crippen LogP contribution in [0.2, 0.25) is 0 Å². The number of halogens is 4. The average molecular weight is 482 g/mol. The highest BCUT2D eigenvalue weighted by Gasteiger charge is 2.35. The Kier molecular flexibility index (Phi) is 6.94. The van der Waals surface area contributed by atoms with Crippen molar-refractivity contribution in [1.82, 2.24) is 14.7 Å². The third-order valence-corrected chi connectivity index (χ3v) is 7.16. The number of carbonyl (C=O) groups excluding carboxylic acids is 2. The molecule has 176 valence electrons. The van der Waals surface area contributed by atoms with E-state index in [1.54, 1.807) is 9.80 Å². The fraction of sp³-hybridized carbons (Fsp3) is 0.391. The third kappa shape index (κ3) is 5.50. The molecule has 4 rings (SSSR count). The summed E-state index contributed by atoms with van der Waals surface area (Å²) in [4.78, 5) is 30.6. The third-order valence-electron chi connectivity index (χ3n) is 5.90. The van der Waals surface area contributed by atoms with Gasteiger partial charge in [-0.05, 0) is 42.0 Å². The first-order chi connectivity index (χ1) is 15.7. The summed E-state index contributed by atoms with van der Waals surface area (Å²) in [6.07, 6.45) is -4.39. The molecule has 0 radical (unpaired) electrons. The highest BCUT2D eigenvalue weighted by Crippen LogP contribution is 2.39. The molecule has 0 saturated carbocycles. The van der Waals surface area contributed by atoms with Gasteiger partial charge >= 0.3 is 6.18 Å². The number of nitrogens with zero attached hydrogens (tertiary/aromatic N) is 3. The molecule has 0 N–H and O–H groups in total. The Morgan fingerprint density at radius 3 is 2.18 bits per heavy atom. The van der Waals surface area contributed by atoms with Gasteiger partial charge in [0.25, 0.3) is 5.91 Å². The van der Waals surface area contributed by atoms with Crippen LogP contribution in [0.15, 0.2) is 48.5 Å². The van der Waals surface area contributed by atoms with Gasteiger partial charge in [-0.1, -0.05) is 12.1 Å². The molecule has 2 aromatic carbocycles. The summed E-state index contributed by atoms with van der Waals surface area (Å²) in [6, 6.07) is 10.5. The van der Waals surface area contributed by atoms with E-state index in [4.69, 9.17) is 0 Å². The lowest BCUT2D eigenvalue weighted by Gasteiger charge is -2.36. The van der Waals surface area contributed by atoms with E-state index in [1.165, 1.54) is 48.2 Å². The predicted octanol–water partition coefficient (Wildman–Crippen LogP) is 3.88. The number of rotatable bonds is 5. The second-order valence-electron chi connectivity index (χ2n) is 8.01. The molecule has 0 aromatic heterocycles. The Labute approximate surface area is 193 Å². The van der Waals surface area contributed by atoms with E-state index >= 15 is 0 Å². The number of alkyl halides is 3. The smallest absolute Gasteiger partial charge is 0.336 e. The fourth-order valence-electron chi connectivity index (χ4n) is 4.01. The normalized spacial score (nSPS) is 19.9. The van der Waals surface area contributed by atoms with Gasteiger partial charge in [-0.2, -0.15) is 13.2 Å². The maximum Gasteiger partial charge on any atom is 0.416 e. The van der Waals surface area contributed by atoms with Crippen LogP contribution in [0, 0.1) is 5.82 Å². The zero-order chi connectivity index (χ0) is 23.6. The number of piperazine rings is 1. The number of hydrogen-bond acceptors (Lipinski definition) is 4. The van der Waals surface area contributed by atoms with Crippen molar-refractivity contribution < 1.29 is 27.2 Å². The minimum absolute atomic E-state index is 0.0324. The summed E-state index contributed by atoms with van der Waals surface area (Å²) >= 11 is 1.41. The van der Waals surface area contributed by atoms with Crippen LogP contribution in [0.3, 0.4) is 0 Å². The van der Waals surface area contributed by atoms with Gasteiger partial charge in [0.2, 0.25) is 5.91 Å². The first kappa shape index (κ1) is 23.6. The van der Waals surface area contributed by atoms with Crippen molar-refractivity contribution in [3.8, 4) is 0 Å². The predicted molar refractivity (Wildman–Crippen MR) is 117 cm³/mol. The molecule has 1 unspecified atom stereocenters. The van der Waals surface area contributed by atoms with Crippen molar-refractivity contribution in [1.29, 1.82) is 0 Å². The number of thioether (sulfide) groups is 1. The van der Waals surface area contributed by atoms with Gasteiger partial charge in [-0.3, -0.25) is 14.5 Å². The molecule has 2 amide bonds. The number of benzene rings is 2. The summed E-state index contributed by atoms with van der Waals surface area (Å²) in [5, 5.41) is -0.305. The molecule has 2 fully saturated rings. The van der Waals surface area contributed by atoms with Crippen LogP contribution in [0.25, 0.3) is 0 Å². The first-order valence-electron chi connectivity index (χ1n) is 10.6. The van der Waals surface area contributed by atoms with Gasteiger partial charge in [0.1, 0.15) is 11.2 Å². The summed E-state index contributed by atoms with van der Waals surface area (Å²) in [5.74, 6) is -0.259. The maximum absolute atomic E-state index is 13.1. The number of amides is 2. The van der Waals surface area contributed by atoms with E-state index in [9.17, 15) is 27.2 Å². The molecule has 1 atom stereocenters. The van der Waals surface area contributed by atoms with E-state index in [-0.39, 0.29) is 23.0 Å². The van der Waals surface area contributed by atoms with Crippen molar-refractivity contribution in [3.63, 3.8) is 0 Å². The van der Waals surface area contributed by atoms with Gasteiger partial charge in [0, 0.05) is 44.8 Å². The minimum atomic E-state index is -4.39. The molecule has 10 heteroatoms. The second-order valence-corrected chi connectivity index (χ2v) is 9.08. The standard InChI is InChI=1S/C23H23F4N3O2S/c24-19-7-3-16(4-8-19)21(32)29-12-9-28(10-13-29)11-14-30-20(31)15-33-22(30)17-1-5-18(6-2-17)23(25,26)27/h1-8,22H,9-15H2. The minimum Gasteiger partial charge on any atom is -0.336 e. The van der Waals surface area contributed by atoms with Crippen LogP contribution in [-0.4, -0.2) is 71.5 Å². The zero-order valence-corrected chi connectivity index (χ0v) is 18.5. The molecule has 0 aliphatic carbocycles. The van der Waals surface area contributed by atoms with E-state index in [0.29, 0.717) is 56.1 Å². The quantitative estimate of drug-likeness (QED) is 0.609. The van der Waals surface area contributed by atoms with Crippen LogP contribution in [0.5, 0.6) is 0 Å². The molecule has 2 aromatic rings. The van der Waals surface area contributed by atoms with Crippen molar-refractivity contribution in [2.45, 2.75) is 11.6 Å². The Morgan fingerprint density at radius 2 is 1.58 bits per heavy atom. The fourth-order valence-corrected chi connectivity index (χ4v) is 5.23. The second kappa shape index (κ2) is 9.72. The van der Waals surface area contributed by atoms with E-state index < -0.39 is 11.7 Å². The van der Waals surface area contributed by atoms with Crippen LogP contribution in [0.1, 0.15) is 26.9 Å². The largest absolute Gasteiger partial charge is 0.416 e. The van der Waals surface area contributed by atoms with Crippen LogP contribution in [0.4, 0.5) is 17.6 Å². The molecule has 2 aliphatic rings. The Bertz CT molecular complexity index is 990. The zero-order valence-electron chi connectivity index (χ0n) is 17.7. The van der Waals surface area contributed by atoms with E-state index in [1.807, 2.05) is 0 Å². The van der Waals surface area contributed by atoms with Crippen molar-refractivity contribution in [2.75, 3.05) is 45.0 Å². The summed E-state index contributed by atoms with van der Waals surface area (Å²) in [6.45, 7) is 3.42. The van der Waals surface area contributed by atoms with Gasteiger partial charge in [0.15, 0.2) is 0 Å². The van der Waals surface area contributed by atoms with Gasteiger partial charge in [-0.25, -0.2) is 4.39 Å². The lowest BCUT2D eigenvalue weighted by atomic mass is 10.1. The van der Waals surface area contributed by atoms with Crippen molar-refractivity contribution in [2.24, 2.45) is 0 Å². The molecular weight excluding hydrogens is 458 g/mol. The van der Waals surface area contributed by atoms with Crippen LogP contribution in [-0.2, 0) is 11.0 Å². The van der Waals surface area contributed by atoms with E-state index in [0.717, 1.165) is 12.1 Å². The average Bonchev–Trinajstić information content (AvgIpc) is 3.18. The van der Waals surface area contributed by atoms with E-state index in [2.05, 4.69) is 4.90 Å². The topological polar surface area (TPSA) is 43.9 Å². The molecule has 2 saturated heterocycles. The Hall–Kier alpha value is -2.59. The summed E-state index contributed by atoms with van der Waals surface area (Å²) < 4.78 is 51.6. The highest BCUT2D eigenvalue weighted by atomic mass is 32.2. The molecule has 0 bridgehead atoms. The first-order valence-corrected chi connectivity index (χ1v) is 11.6. The van der Waals surface area contributed by atoms with Crippen molar-refractivity contribution >= 4 is 23.6 Å². The molecule has 33 heavy (non-hydrogen) atoms. The van der Waals surface area contributed by atoms with Crippen LogP contribution < -0.4 is 0 Å².